The second-order valence-electron chi connectivity index (χ2n) is 2.93. The van der Waals surface area contributed by atoms with E-state index in [4.69, 9.17) is 4.74 Å². The Morgan fingerprint density at radius 3 is 2.33 bits per heavy atom. The second-order valence-corrected chi connectivity index (χ2v) is 3.50. The van der Waals surface area contributed by atoms with E-state index in [-0.39, 0.29) is 5.60 Å². The van der Waals surface area contributed by atoms with Gasteiger partial charge in [0.15, 0.2) is 0 Å². The molecule has 0 amide bonds. The molecule has 1 atom stereocenters. The zero-order valence-corrected chi connectivity index (χ0v) is 8.97. The Bertz CT molecular complexity index is 229. The van der Waals surface area contributed by atoms with Crippen molar-refractivity contribution < 1.29 is 4.74 Å². The molecule has 0 fully saturated rings. The predicted molar refractivity (Wildman–Crippen MR) is 54.6 cm³/mol. The highest BCUT2D eigenvalue weighted by molar-refractivity contribution is 9.09. The largest absolute Gasteiger partial charge is 0.373 e. The van der Waals surface area contributed by atoms with Crippen molar-refractivity contribution in [2.24, 2.45) is 0 Å². The molecule has 0 saturated carbocycles. The average molecular weight is 229 g/mol. The summed E-state index contributed by atoms with van der Waals surface area (Å²) in [6.07, 6.45) is 0. The second kappa shape index (κ2) is 4.06. The van der Waals surface area contributed by atoms with Crippen molar-refractivity contribution >= 4 is 15.9 Å². The van der Waals surface area contributed by atoms with Crippen LogP contribution in [-0.4, -0.2) is 12.4 Å². The standard InChI is InChI=1S/C10H13BrO/c1-10(8-11,12-2)9-6-4-3-5-7-9/h3-7H,8H2,1-2H3. The first-order chi connectivity index (χ1) is 5.73. The number of rotatable bonds is 3. The summed E-state index contributed by atoms with van der Waals surface area (Å²) in [6, 6.07) is 10.2. The summed E-state index contributed by atoms with van der Waals surface area (Å²) in [7, 11) is 1.73. The fourth-order valence-corrected chi connectivity index (χ4v) is 1.59. The van der Waals surface area contributed by atoms with E-state index in [1.165, 1.54) is 5.56 Å². The van der Waals surface area contributed by atoms with Crippen LogP contribution in [0, 0.1) is 0 Å². The minimum absolute atomic E-state index is 0.207. The molecular formula is C10H13BrO. The van der Waals surface area contributed by atoms with E-state index in [2.05, 4.69) is 35.0 Å². The number of ether oxygens (including phenoxy) is 1. The molecular weight excluding hydrogens is 216 g/mol. The van der Waals surface area contributed by atoms with Gasteiger partial charge in [-0.1, -0.05) is 46.3 Å². The van der Waals surface area contributed by atoms with E-state index in [9.17, 15) is 0 Å². The fraction of sp³-hybridized carbons (Fsp3) is 0.400. The van der Waals surface area contributed by atoms with Gasteiger partial charge in [-0.3, -0.25) is 0 Å². The normalized spacial score (nSPS) is 15.6. The molecule has 1 unspecified atom stereocenters. The number of hydrogen-bond acceptors (Lipinski definition) is 1. The molecule has 66 valence electrons. The van der Waals surface area contributed by atoms with Crippen LogP contribution in [0.25, 0.3) is 0 Å². The maximum atomic E-state index is 5.43. The first kappa shape index (κ1) is 9.75. The summed E-state index contributed by atoms with van der Waals surface area (Å²) < 4.78 is 5.43. The molecule has 0 heterocycles. The van der Waals surface area contributed by atoms with Gasteiger partial charge in [-0.2, -0.15) is 0 Å². The van der Waals surface area contributed by atoms with Gasteiger partial charge in [-0.25, -0.2) is 0 Å². The van der Waals surface area contributed by atoms with E-state index >= 15 is 0 Å². The van der Waals surface area contributed by atoms with E-state index < -0.39 is 0 Å². The van der Waals surface area contributed by atoms with Crippen LogP contribution in [0.15, 0.2) is 30.3 Å². The van der Waals surface area contributed by atoms with Crippen molar-refractivity contribution in [3.63, 3.8) is 0 Å². The molecule has 0 bridgehead atoms. The first-order valence-electron chi connectivity index (χ1n) is 3.89. The van der Waals surface area contributed by atoms with Gasteiger partial charge in [0, 0.05) is 12.4 Å². The molecule has 0 aliphatic rings. The Morgan fingerprint density at radius 1 is 1.33 bits per heavy atom. The molecule has 1 aromatic carbocycles. The molecule has 0 aliphatic carbocycles. The van der Waals surface area contributed by atoms with Crippen molar-refractivity contribution in [1.82, 2.24) is 0 Å². The van der Waals surface area contributed by atoms with Crippen molar-refractivity contribution in [3.8, 4) is 0 Å². The van der Waals surface area contributed by atoms with Gasteiger partial charge >= 0.3 is 0 Å². The van der Waals surface area contributed by atoms with Gasteiger partial charge in [0.05, 0.1) is 5.60 Å². The molecule has 12 heavy (non-hydrogen) atoms. The average Bonchev–Trinajstić information content (AvgIpc) is 2.18. The lowest BCUT2D eigenvalue weighted by Gasteiger charge is -2.26. The van der Waals surface area contributed by atoms with Gasteiger partial charge < -0.3 is 4.74 Å². The van der Waals surface area contributed by atoms with E-state index in [1.54, 1.807) is 7.11 Å². The molecule has 0 saturated heterocycles. The van der Waals surface area contributed by atoms with Gasteiger partial charge in [-0.15, -0.1) is 0 Å². The highest BCUT2D eigenvalue weighted by Crippen LogP contribution is 2.25. The fourth-order valence-electron chi connectivity index (χ4n) is 1.04. The van der Waals surface area contributed by atoms with Crippen LogP contribution < -0.4 is 0 Å². The third-order valence-corrected chi connectivity index (χ3v) is 3.16. The van der Waals surface area contributed by atoms with Crippen molar-refractivity contribution in [2.75, 3.05) is 12.4 Å². The molecule has 1 rings (SSSR count). The monoisotopic (exact) mass is 228 g/mol. The maximum Gasteiger partial charge on any atom is 0.0995 e. The lowest BCUT2D eigenvalue weighted by atomic mass is 9.98. The van der Waals surface area contributed by atoms with Gasteiger partial charge in [-0.05, 0) is 12.5 Å². The molecule has 0 aliphatic heterocycles. The minimum Gasteiger partial charge on any atom is -0.373 e. The zero-order chi connectivity index (χ0) is 9.03. The summed E-state index contributed by atoms with van der Waals surface area (Å²) in [4.78, 5) is 0. The molecule has 1 aromatic rings. The lowest BCUT2D eigenvalue weighted by molar-refractivity contribution is 0.0248. The third kappa shape index (κ3) is 1.87. The van der Waals surface area contributed by atoms with Crippen molar-refractivity contribution in [2.45, 2.75) is 12.5 Å². The molecule has 2 heteroatoms. The minimum atomic E-state index is -0.207. The van der Waals surface area contributed by atoms with Crippen LogP contribution in [0.2, 0.25) is 0 Å². The highest BCUT2D eigenvalue weighted by Gasteiger charge is 2.23. The van der Waals surface area contributed by atoms with E-state index in [1.807, 2.05) is 18.2 Å². The predicted octanol–water partition coefficient (Wildman–Crippen LogP) is 2.94. The summed E-state index contributed by atoms with van der Waals surface area (Å²) in [6.45, 7) is 2.07. The number of hydrogen-bond donors (Lipinski definition) is 0. The number of halogens is 1. The lowest BCUT2D eigenvalue weighted by Crippen LogP contribution is -2.25. The Morgan fingerprint density at radius 2 is 1.92 bits per heavy atom. The molecule has 0 radical (unpaired) electrons. The Kier molecular flexibility index (Phi) is 3.29. The van der Waals surface area contributed by atoms with Gasteiger partial charge in [0.2, 0.25) is 0 Å². The van der Waals surface area contributed by atoms with Crippen LogP contribution in [0.5, 0.6) is 0 Å². The Balaban J connectivity index is 2.95. The third-order valence-electron chi connectivity index (χ3n) is 2.09. The van der Waals surface area contributed by atoms with Gasteiger partial charge in [0.1, 0.15) is 0 Å². The van der Waals surface area contributed by atoms with Crippen molar-refractivity contribution in [3.05, 3.63) is 35.9 Å². The van der Waals surface area contributed by atoms with E-state index in [0.717, 1.165) is 5.33 Å². The summed E-state index contributed by atoms with van der Waals surface area (Å²) in [5.41, 5.74) is 0.991. The zero-order valence-electron chi connectivity index (χ0n) is 7.38. The summed E-state index contributed by atoms with van der Waals surface area (Å²) >= 11 is 3.44. The van der Waals surface area contributed by atoms with E-state index in [0.29, 0.717) is 0 Å². The topological polar surface area (TPSA) is 9.23 Å². The van der Waals surface area contributed by atoms with Crippen molar-refractivity contribution in [1.29, 1.82) is 0 Å². The molecule has 0 N–H and O–H groups in total. The van der Waals surface area contributed by atoms with Crippen LogP contribution in [0.4, 0.5) is 0 Å². The highest BCUT2D eigenvalue weighted by atomic mass is 79.9. The quantitative estimate of drug-likeness (QED) is 0.724. The first-order valence-corrected chi connectivity index (χ1v) is 5.02. The van der Waals surface area contributed by atoms with Gasteiger partial charge in [0.25, 0.3) is 0 Å². The number of alkyl halides is 1. The molecule has 1 nitrogen and oxygen atoms in total. The number of methoxy groups -OCH3 is 1. The Labute approximate surface area is 81.9 Å². The van der Waals surface area contributed by atoms with Crippen LogP contribution in [-0.2, 0) is 10.3 Å². The van der Waals surface area contributed by atoms with Crippen LogP contribution in [0.1, 0.15) is 12.5 Å². The number of benzene rings is 1. The molecule has 0 spiro atoms. The Hall–Kier alpha value is -0.340. The SMILES string of the molecule is COC(C)(CBr)c1ccccc1. The maximum absolute atomic E-state index is 5.43. The van der Waals surface area contributed by atoms with Crippen LogP contribution >= 0.6 is 15.9 Å². The smallest absolute Gasteiger partial charge is 0.0995 e. The summed E-state index contributed by atoms with van der Waals surface area (Å²) in [5.74, 6) is 0. The molecule has 0 aromatic heterocycles. The summed E-state index contributed by atoms with van der Waals surface area (Å²) in [5, 5.41) is 0.806. The van der Waals surface area contributed by atoms with Crippen LogP contribution in [0.3, 0.4) is 0 Å².